The van der Waals surface area contributed by atoms with Crippen LogP contribution >= 0.6 is 23.2 Å². The number of benzene rings is 2. The molecular formula is C20H18Cl2O4. The Hall–Kier alpha value is -2.30. The lowest BCUT2D eigenvalue weighted by molar-refractivity contribution is -0.159. The van der Waals surface area contributed by atoms with Crippen molar-refractivity contribution in [1.29, 1.82) is 0 Å². The van der Waals surface area contributed by atoms with Crippen LogP contribution in [0.3, 0.4) is 0 Å². The number of methoxy groups -OCH3 is 2. The molecule has 6 heteroatoms. The Morgan fingerprint density at radius 1 is 0.923 bits per heavy atom. The maximum absolute atomic E-state index is 12.3. The van der Waals surface area contributed by atoms with Crippen molar-refractivity contribution in [2.75, 3.05) is 14.2 Å². The van der Waals surface area contributed by atoms with Gasteiger partial charge in [-0.05, 0) is 35.4 Å². The van der Waals surface area contributed by atoms with Crippen LogP contribution in [-0.2, 0) is 19.1 Å². The first-order chi connectivity index (χ1) is 12.5. The Bertz CT molecular complexity index is 801. The molecule has 136 valence electrons. The minimum absolute atomic E-state index is 0.497. The van der Waals surface area contributed by atoms with Gasteiger partial charge in [0.15, 0.2) is 5.92 Å². The van der Waals surface area contributed by atoms with Gasteiger partial charge in [0.05, 0.1) is 14.2 Å². The monoisotopic (exact) mass is 392 g/mol. The number of esters is 2. The molecule has 4 nitrogen and oxygen atoms in total. The third-order valence-electron chi connectivity index (χ3n) is 3.85. The van der Waals surface area contributed by atoms with Crippen molar-refractivity contribution in [2.45, 2.75) is 5.92 Å². The summed E-state index contributed by atoms with van der Waals surface area (Å²) < 4.78 is 9.62. The fourth-order valence-corrected chi connectivity index (χ4v) is 2.99. The minimum atomic E-state index is -1.15. The molecule has 2 aromatic carbocycles. The van der Waals surface area contributed by atoms with E-state index in [1.807, 2.05) is 12.1 Å². The molecule has 0 radical (unpaired) electrons. The zero-order valence-corrected chi connectivity index (χ0v) is 15.8. The van der Waals surface area contributed by atoms with Gasteiger partial charge in [-0.25, -0.2) is 0 Å². The average Bonchev–Trinajstić information content (AvgIpc) is 2.64. The third-order valence-corrected chi connectivity index (χ3v) is 4.32. The molecule has 1 unspecified atom stereocenters. The second-order valence-electron chi connectivity index (χ2n) is 5.52. The molecule has 0 aliphatic rings. The normalized spacial score (nSPS) is 12.2. The Balaban J connectivity index is 2.50. The van der Waals surface area contributed by atoms with E-state index in [0.29, 0.717) is 15.6 Å². The summed E-state index contributed by atoms with van der Waals surface area (Å²) in [6, 6.07) is 14.2. The number of ether oxygens (including phenoxy) is 2. The van der Waals surface area contributed by atoms with Gasteiger partial charge in [-0.15, -0.1) is 0 Å². The van der Waals surface area contributed by atoms with E-state index in [4.69, 9.17) is 32.7 Å². The van der Waals surface area contributed by atoms with Crippen LogP contribution in [0.15, 0.2) is 54.6 Å². The highest BCUT2D eigenvalue weighted by Gasteiger charge is 2.36. The minimum Gasteiger partial charge on any atom is -0.468 e. The second-order valence-corrected chi connectivity index (χ2v) is 6.39. The smallest absolute Gasteiger partial charge is 0.321 e. The van der Waals surface area contributed by atoms with E-state index in [1.54, 1.807) is 48.6 Å². The van der Waals surface area contributed by atoms with E-state index in [9.17, 15) is 9.59 Å². The topological polar surface area (TPSA) is 52.6 Å². The lowest BCUT2D eigenvalue weighted by atomic mass is 9.85. The maximum Gasteiger partial charge on any atom is 0.321 e. The maximum atomic E-state index is 12.3. The Morgan fingerprint density at radius 2 is 1.50 bits per heavy atom. The van der Waals surface area contributed by atoms with Crippen molar-refractivity contribution >= 4 is 41.2 Å². The molecule has 0 saturated carbocycles. The van der Waals surface area contributed by atoms with Crippen LogP contribution in [0.2, 0.25) is 10.0 Å². The van der Waals surface area contributed by atoms with Gasteiger partial charge in [-0.3, -0.25) is 9.59 Å². The van der Waals surface area contributed by atoms with Crippen molar-refractivity contribution in [1.82, 2.24) is 0 Å². The van der Waals surface area contributed by atoms with E-state index in [-0.39, 0.29) is 0 Å². The second kappa shape index (κ2) is 9.41. The first kappa shape index (κ1) is 20.0. The van der Waals surface area contributed by atoms with Crippen LogP contribution in [0.1, 0.15) is 17.0 Å². The zero-order chi connectivity index (χ0) is 19.1. The SMILES string of the molecule is COC(=O)C(C(=O)OC)C(/C=C/c1cccc(Cl)c1)c1cccc(Cl)c1. The summed E-state index contributed by atoms with van der Waals surface area (Å²) in [5.41, 5.74) is 1.52. The standard InChI is InChI=1S/C20H18Cl2O4/c1-25-19(23)18(20(24)26-2)17(14-6-4-8-16(22)12-14)10-9-13-5-3-7-15(21)11-13/h3-12,17-18H,1-2H3/b10-9+. The number of carbonyl (C=O) groups excluding carboxylic acids is 2. The predicted octanol–water partition coefficient (Wildman–Crippen LogP) is 4.75. The van der Waals surface area contributed by atoms with Crippen molar-refractivity contribution in [3.8, 4) is 0 Å². The number of rotatable bonds is 6. The summed E-state index contributed by atoms with van der Waals surface area (Å²) in [6.45, 7) is 0. The fraction of sp³-hybridized carbons (Fsp3) is 0.200. The van der Waals surface area contributed by atoms with Gasteiger partial charge in [-0.2, -0.15) is 0 Å². The molecule has 0 fully saturated rings. The fourth-order valence-electron chi connectivity index (χ4n) is 2.60. The zero-order valence-electron chi connectivity index (χ0n) is 14.3. The number of allylic oxidation sites excluding steroid dienone is 1. The van der Waals surface area contributed by atoms with Gasteiger partial charge in [0.25, 0.3) is 0 Å². The summed E-state index contributed by atoms with van der Waals surface area (Å²) in [4.78, 5) is 24.5. The average molecular weight is 393 g/mol. The summed E-state index contributed by atoms with van der Waals surface area (Å²) in [6.07, 6.45) is 3.53. The van der Waals surface area contributed by atoms with Gasteiger partial charge in [-0.1, -0.05) is 59.6 Å². The van der Waals surface area contributed by atoms with Gasteiger partial charge in [0, 0.05) is 16.0 Å². The van der Waals surface area contributed by atoms with Crippen LogP contribution in [0.25, 0.3) is 6.08 Å². The number of carbonyl (C=O) groups is 2. The molecular weight excluding hydrogens is 375 g/mol. The molecule has 1 atom stereocenters. The number of hydrogen-bond donors (Lipinski definition) is 0. The van der Waals surface area contributed by atoms with Gasteiger partial charge in [0.2, 0.25) is 0 Å². The molecule has 0 N–H and O–H groups in total. The van der Waals surface area contributed by atoms with Crippen molar-refractivity contribution < 1.29 is 19.1 Å². The summed E-state index contributed by atoms with van der Waals surface area (Å²) in [7, 11) is 2.46. The van der Waals surface area contributed by atoms with Crippen LogP contribution in [0.5, 0.6) is 0 Å². The summed E-state index contributed by atoms with van der Waals surface area (Å²) in [5.74, 6) is -3.14. The van der Waals surface area contributed by atoms with E-state index in [1.165, 1.54) is 14.2 Å². The lowest BCUT2D eigenvalue weighted by Gasteiger charge is -2.21. The van der Waals surface area contributed by atoms with E-state index < -0.39 is 23.8 Å². The molecule has 2 rings (SSSR count). The highest BCUT2D eigenvalue weighted by Crippen LogP contribution is 2.31. The van der Waals surface area contributed by atoms with Crippen LogP contribution < -0.4 is 0 Å². The quantitative estimate of drug-likeness (QED) is 0.525. The van der Waals surface area contributed by atoms with E-state index in [2.05, 4.69) is 0 Å². The molecule has 0 saturated heterocycles. The predicted molar refractivity (Wildman–Crippen MR) is 102 cm³/mol. The van der Waals surface area contributed by atoms with Crippen molar-refractivity contribution in [3.63, 3.8) is 0 Å². The molecule has 0 aliphatic carbocycles. The van der Waals surface area contributed by atoms with Crippen molar-refractivity contribution in [2.24, 2.45) is 5.92 Å². The Kier molecular flexibility index (Phi) is 7.25. The molecule has 0 spiro atoms. The first-order valence-corrected chi connectivity index (χ1v) is 8.56. The van der Waals surface area contributed by atoms with E-state index in [0.717, 1.165) is 5.56 Å². The molecule has 26 heavy (non-hydrogen) atoms. The molecule has 0 aliphatic heterocycles. The van der Waals surface area contributed by atoms with Gasteiger partial charge < -0.3 is 9.47 Å². The molecule has 0 amide bonds. The Labute approximate surface area is 162 Å². The summed E-state index contributed by atoms with van der Waals surface area (Å²) >= 11 is 12.1. The van der Waals surface area contributed by atoms with E-state index >= 15 is 0 Å². The largest absolute Gasteiger partial charge is 0.468 e. The molecule has 0 heterocycles. The highest BCUT2D eigenvalue weighted by atomic mass is 35.5. The van der Waals surface area contributed by atoms with Gasteiger partial charge >= 0.3 is 11.9 Å². The summed E-state index contributed by atoms with van der Waals surface area (Å²) in [5, 5.41) is 1.08. The molecule has 0 aromatic heterocycles. The van der Waals surface area contributed by atoms with Crippen LogP contribution in [0, 0.1) is 5.92 Å². The van der Waals surface area contributed by atoms with Gasteiger partial charge in [0.1, 0.15) is 0 Å². The van der Waals surface area contributed by atoms with Crippen molar-refractivity contribution in [3.05, 3.63) is 75.8 Å². The number of halogens is 2. The lowest BCUT2D eigenvalue weighted by Crippen LogP contribution is -2.31. The number of hydrogen-bond acceptors (Lipinski definition) is 4. The molecule has 2 aromatic rings. The highest BCUT2D eigenvalue weighted by molar-refractivity contribution is 6.31. The first-order valence-electron chi connectivity index (χ1n) is 7.81. The third kappa shape index (κ3) is 5.10. The van der Waals surface area contributed by atoms with Crippen LogP contribution in [-0.4, -0.2) is 26.2 Å². The van der Waals surface area contributed by atoms with Crippen LogP contribution in [0.4, 0.5) is 0 Å². The molecule has 0 bridgehead atoms. The Morgan fingerprint density at radius 3 is 2.04 bits per heavy atom.